The molecule has 3 aromatic rings. The molecule has 0 fully saturated rings. The second-order valence-electron chi connectivity index (χ2n) is 7.18. The first kappa shape index (κ1) is 19.2. The van der Waals surface area contributed by atoms with Gasteiger partial charge >= 0.3 is 0 Å². The standard InChI is InChI=1S/C23H18ClN3O2S/c24-16-7-6-15-8-10-27-20(17(15)12-16)19(21(28)26-23-25-9-11-30-23)13-18(22(27)29)14-4-2-1-3-5-14/h1-7,12-13H,8-11H2,(H,25,26,28). The molecular weight excluding hydrogens is 418 g/mol. The third-order valence-electron chi connectivity index (χ3n) is 5.36. The van der Waals surface area contributed by atoms with E-state index in [0.29, 0.717) is 46.5 Å². The lowest BCUT2D eigenvalue weighted by Crippen LogP contribution is -2.34. The monoisotopic (exact) mass is 435 g/mol. The normalized spacial score (nSPS) is 14.6. The molecule has 1 amide bonds. The van der Waals surface area contributed by atoms with Crippen LogP contribution in [0.3, 0.4) is 0 Å². The van der Waals surface area contributed by atoms with Gasteiger partial charge in [0.1, 0.15) is 0 Å². The van der Waals surface area contributed by atoms with Crippen LogP contribution in [-0.4, -0.2) is 27.9 Å². The summed E-state index contributed by atoms with van der Waals surface area (Å²) in [5.41, 5.74) is 4.17. The summed E-state index contributed by atoms with van der Waals surface area (Å²) in [7, 11) is 0. The minimum absolute atomic E-state index is 0.106. The number of nitrogens with one attached hydrogen (secondary N) is 1. The number of carbonyl (C=O) groups is 1. The fourth-order valence-electron chi connectivity index (χ4n) is 3.96. The molecule has 0 saturated carbocycles. The van der Waals surface area contributed by atoms with Gasteiger partial charge in [0.25, 0.3) is 11.5 Å². The Balaban J connectivity index is 1.75. The summed E-state index contributed by atoms with van der Waals surface area (Å²) >= 11 is 7.79. The molecule has 5 nitrogen and oxygen atoms in total. The smallest absolute Gasteiger partial charge is 0.259 e. The van der Waals surface area contributed by atoms with E-state index in [1.807, 2.05) is 48.5 Å². The van der Waals surface area contributed by atoms with Gasteiger partial charge in [0.15, 0.2) is 5.17 Å². The second-order valence-corrected chi connectivity index (χ2v) is 8.70. The Morgan fingerprint density at radius 2 is 1.93 bits per heavy atom. The van der Waals surface area contributed by atoms with Crippen molar-refractivity contribution in [2.45, 2.75) is 13.0 Å². The zero-order valence-electron chi connectivity index (χ0n) is 16.0. The molecule has 0 bridgehead atoms. The number of fused-ring (bicyclic) bond motifs is 3. The Morgan fingerprint density at radius 1 is 1.10 bits per heavy atom. The number of thioether (sulfide) groups is 1. The van der Waals surface area contributed by atoms with Crippen molar-refractivity contribution in [3.8, 4) is 22.4 Å². The van der Waals surface area contributed by atoms with Crippen molar-refractivity contribution in [2.24, 2.45) is 4.99 Å². The summed E-state index contributed by atoms with van der Waals surface area (Å²) in [6.45, 7) is 1.21. The van der Waals surface area contributed by atoms with Crippen LogP contribution in [-0.2, 0) is 13.0 Å². The van der Waals surface area contributed by atoms with E-state index in [9.17, 15) is 9.59 Å². The Bertz CT molecular complexity index is 1250. The van der Waals surface area contributed by atoms with Crippen molar-refractivity contribution in [3.63, 3.8) is 0 Å². The van der Waals surface area contributed by atoms with Crippen LogP contribution in [0.25, 0.3) is 22.4 Å². The summed E-state index contributed by atoms with van der Waals surface area (Å²) in [6, 6.07) is 16.8. The highest BCUT2D eigenvalue weighted by atomic mass is 35.5. The Kier molecular flexibility index (Phi) is 4.97. The van der Waals surface area contributed by atoms with Crippen LogP contribution in [0.2, 0.25) is 5.02 Å². The van der Waals surface area contributed by atoms with Gasteiger partial charge in [-0.15, -0.1) is 0 Å². The molecule has 0 spiro atoms. The zero-order chi connectivity index (χ0) is 20.7. The maximum atomic E-state index is 13.4. The molecule has 2 aromatic carbocycles. The number of pyridine rings is 1. The average molecular weight is 436 g/mol. The molecule has 0 unspecified atom stereocenters. The lowest BCUT2D eigenvalue weighted by Gasteiger charge is -2.25. The number of carbonyl (C=O) groups excluding carboxylic acids is 1. The first-order valence-corrected chi connectivity index (χ1v) is 11.1. The molecule has 5 rings (SSSR count). The largest absolute Gasteiger partial charge is 0.307 e. The average Bonchev–Trinajstić information content (AvgIpc) is 3.27. The van der Waals surface area contributed by atoms with Crippen molar-refractivity contribution in [2.75, 3.05) is 12.3 Å². The van der Waals surface area contributed by atoms with Crippen LogP contribution in [0.4, 0.5) is 0 Å². The first-order valence-electron chi connectivity index (χ1n) is 9.72. The molecule has 3 heterocycles. The second kappa shape index (κ2) is 7.78. The fourth-order valence-corrected chi connectivity index (χ4v) is 4.86. The quantitative estimate of drug-likeness (QED) is 0.655. The molecule has 0 radical (unpaired) electrons. The number of amidine groups is 1. The molecule has 1 aromatic heterocycles. The van der Waals surface area contributed by atoms with E-state index < -0.39 is 0 Å². The molecule has 30 heavy (non-hydrogen) atoms. The van der Waals surface area contributed by atoms with Crippen LogP contribution in [0.1, 0.15) is 15.9 Å². The van der Waals surface area contributed by atoms with E-state index in [1.165, 1.54) is 11.8 Å². The first-order chi connectivity index (χ1) is 14.6. The fraction of sp³-hybridized carbons (Fsp3) is 0.174. The number of aromatic nitrogens is 1. The minimum Gasteiger partial charge on any atom is -0.307 e. The number of aliphatic imine (C=N–C) groups is 1. The van der Waals surface area contributed by atoms with Gasteiger partial charge in [-0.2, -0.15) is 0 Å². The van der Waals surface area contributed by atoms with Gasteiger partial charge in [0.2, 0.25) is 0 Å². The number of rotatable bonds is 2. The summed E-state index contributed by atoms with van der Waals surface area (Å²) in [6.07, 6.45) is 0.710. The molecule has 0 atom stereocenters. The van der Waals surface area contributed by atoms with Crippen LogP contribution in [0, 0.1) is 0 Å². The summed E-state index contributed by atoms with van der Waals surface area (Å²) < 4.78 is 1.71. The number of hydrogen-bond acceptors (Lipinski definition) is 4. The van der Waals surface area contributed by atoms with Gasteiger partial charge in [-0.3, -0.25) is 14.6 Å². The third-order valence-corrected chi connectivity index (χ3v) is 6.48. The number of benzene rings is 2. The zero-order valence-corrected chi connectivity index (χ0v) is 17.6. The number of nitrogens with zero attached hydrogens (tertiary/aromatic N) is 2. The Hall–Kier alpha value is -2.83. The van der Waals surface area contributed by atoms with E-state index in [4.69, 9.17) is 11.6 Å². The molecule has 0 aliphatic carbocycles. The molecule has 1 N–H and O–H groups in total. The van der Waals surface area contributed by atoms with Gasteiger partial charge in [-0.25, -0.2) is 0 Å². The summed E-state index contributed by atoms with van der Waals surface area (Å²) in [5, 5.41) is 4.11. The third kappa shape index (κ3) is 3.36. The van der Waals surface area contributed by atoms with Crippen LogP contribution >= 0.6 is 23.4 Å². The van der Waals surface area contributed by atoms with Crippen LogP contribution in [0.15, 0.2) is 64.4 Å². The maximum Gasteiger partial charge on any atom is 0.259 e. The van der Waals surface area contributed by atoms with Crippen molar-refractivity contribution in [1.82, 2.24) is 9.88 Å². The lowest BCUT2D eigenvalue weighted by molar-refractivity contribution is 0.0978. The van der Waals surface area contributed by atoms with Crippen LogP contribution < -0.4 is 10.9 Å². The van der Waals surface area contributed by atoms with E-state index in [2.05, 4.69) is 10.3 Å². The molecule has 2 aliphatic rings. The van der Waals surface area contributed by atoms with Crippen LogP contribution in [0.5, 0.6) is 0 Å². The van der Waals surface area contributed by atoms with E-state index in [0.717, 1.165) is 22.4 Å². The molecule has 0 saturated heterocycles. The van der Waals surface area contributed by atoms with Gasteiger partial charge in [-0.05, 0) is 35.7 Å². The van der Waals surface area contributed by atoms with E-state index in [1.54, 1.807) is 10.6 Å². The van der Waals surface area contributed by atoms with E-state index >= 15 is 0 Å². The van der Waals surface area contributed by atoms with Crippen molar-refractivity contribution in [3.05, 3.63) is 81.1 Å². The SMILES string of the molecule is O=C(NC1=NCCS1)c1cc(-c2ccccc2)c(=O)n2c1-c1cc(Cl)ccc1CC2. The molecule has 150 valence electrons. The maximum absolute atomic E-state index is 13.4. The molecule has 7 heteroatoms. The Morgan fingerprint density at radius 3 is 2.70 bits per heavy atom. The number of halogens is 1. The molecular formula is C23H18ClN3O2S. The van der Waals surface area contributed by atoms with Crippen molar-refractivity contribution < 1.29 is 4.79 Å². The topological polar surface area (TPSA) is 63.5 Å². The summed E-state index contributed by atoms with van der Waals surface area (Å²) in [4.78, 5) is 31.0. The van der Waals surface area contributed by atoms with E-state index in [-0.39, 0.29) is 11.5 Å². The van der Waals surface area contributed by atoms with Gasteiger partial charge in [-0.1, -0.05) is 59.8 Å². The van der Waals surface area contributed by atoms with Crippen molar-refractivity contribution >= 4 is 34.4 Å². The highest BCUT2D eigenvalue weighted by Crippen LogP contribution is 2.34. The highest BCUT2D eigenvalue weighted by molar-refractivity contribution is 8.14. The predicted octanol–water partition coefficient (Wildman–Crippen LogP) is 4.22. The molecule has 2 aliphatic heterocycles. The van der Waals surface area contributed by atoms with Crippen molar-refractivity contribution in [1.29, 1.82) is 0 Å². The predicted molar refractivity (Wildman–Crippen MR) is 123 cm³/mol. The van der Waals surface area contributed by atoms with Gasteiger partial charge in [0, 0.05) is 28.4 Å². The Labute approximate surface area is 182 Å². The lowest BCUT2D eigenvalue weighted by atomic mass is 9.92. The number of hydrogen-bond donors (Lipinski definition) is 1. The highest BCUT2D eigenvalue weighted by Gasteiger charge is 2.27. The van der Waals surface area contributed by atoms with Gasteiger partial charge in [0.05, 0.1) is 17.8 Å². The summed E-state index contributed by atoms with van der Waals surface area (Å²) in [5.74, 6) is 0.590. The number of amides is 1. The minimum atomic E-state index is -0.267. The van der Waals surface area contributed by atoms with Gasteiger partial charge < -0.3 is 9.88 Å². The number of aryl methyl sites for hydroxylation is 1.